The molecule has 0 saturated heterocycles. The zero-order valence-corrected chi connectivity index (χ0v) is 10.2. The fraction of sp³-hybridized carbons (Fsp3) is 0.125. The molecular formula is C8H7ClN4S2. The van der Waals surface area contributed by atoms with E-state index in [1.165, 1.54) is 23.1 Å². The number of anilines is 1. The molecule has 0 saturated carbocycles. The summed E-state index contributed by atoms with van der Waals surface area (Å²) in [4.78, 5) is 13.1. The number of aromatic nitrogens is 3. The molecule has 0 aromatic carbocycles. The normalized spacial score (nSPS) is 10.5. The Labute approximate surface area is 99.9 Å². The predicted octanol–water partition coefficient (Wildman–Crippen LogP) is 2.56. The van der Waals surface area contributed by atoms with Crippen molar-refractivity contribution >= 4 is 40.6 Å². The number of hydrogen-bond donors (Lipinski definition) is 1. The minimum absolute atomic E-state index is 0.216. The van der Waals surface area contributed by atoms with Gasteiger partial charge in [0.1, 0.15) is 0 Å². The molecule has 0 atom stereocenters. The quantitative estimate of drug-likeness (QED) is 0.839. The van der Waals surface area contributed by atoms with Crippen molar-refractivity contribution in [3.8, 4) is 10.7 Å². The standard InChI is InChI=1S/C8H7ClN4S2/c1-14-8-12-6(11-7(10)13-8)5-4(9)2-3-15-5/h2-3H,1H3,(H2,10,11,12,13). The number of nitrogens with two attached hydrogens (primary N) is 1. The van der Waals surface area contributed by atoms with Gasteiger partial charge in [0.15, 0.2) is 11.0 Å². The number of thiophene rings is 1. The maximum Gasteiger partial charge on any atom is 0.224 e. The molecule has 0 bridgehead atoms. The summed E-state index contributed by atoms with van der Waals surface area (Å²) in [5, 5.41) is 3.12. The van der Waals surface area contributed by atoms with Crippen molar-refractivity contribution < 1.29 is 0 Å². The van der Waals surface area contributed by atoms with Crippen LogP contribution in [0.4, 0.5) is 5.95 Å². The van der Waals surface area contributed by atoms with Crippen molar-refractivity contribution in [1.29, 1.82) is 0 Å². The number of nitrogen functional groups attached to an aromatic ring is 1. The van der Waals surface area contributed by atoms with Gasteiger partial charge in [-0.3, -0.25) is 0 Å². The van der Waals surface area contributed by atoms with Gasteiger partial charge < -0.3 is 5.73 Å². The predicted molar refractivity (Wildman–Crippen MR) is 64.3 cm³/mol. The molecule has 0 aliphatic heterocycles. The van der Waals surface area contributed by atoms with Crippen LogP contribution in [0.5, 0.6) is 0 Å². The van der Waals surface area contributed by atoms with Crippen molar-refractivity contribution in [2.75, 3.05) is 12.0 Å². The summed E-state index contributed by atoms with van der Waals surface area (Å²) in [7, 11) is 0. The van der Waals surface area contributed by atoms with Crippen molar-refractivity contribution in [3.05, 3.63) is 16.5 Å². The largest absolute Gasteiger partial charge is 0.368 e. The van der Waals surface area contributed by atoms with Crippen molar-refractivity contribution in [2.45, 2.75) is 5.16 Å². The first-order chi connectivity index (χ1) is 7.20. The summed E-state index contributed by atoms with van der Waals surface area (Å²) in [6, 6.07) is 1.81. The van der Waals surface area contributed by atoms with Crippen molar-refractivity contribution in [1.82, 2.24) is 15.0 Å². The fourth-order valence-corrected chi connectivity index (χ4v) is 2.45. The molecule has 0 amide bonds. The van der Waals surface area contributed by atoms with Gasteiger partial charge >= 0.3 is 0 Å². The van der Waals surface area contributed by atoms with E-state index in [2.05, 4.69) is 15.0 Å². The highest BCUT2D eigenvalue weighted by atomic mass is 35.5. The highest BCUT2D eigenvalue weighted by molar-refractivity contribution is 7.98. The van der Waals surface area contributed by atoms with Gasteiger partial charge in [-0.1, -0.05) is 23.4 Å². The van der Waals surface area contributed by atoms with E-state index in [-0.39, 0.29) is 5.95 Å². The van der Waals surface area contributed by atoms with Crippen LogP contribution in [0.3, 0.4) is 0 Å². The summed E-state index contributed by atoms with van der Waals surface area (Å²) in [5.74, 6) is 0.751. The van der Waals surface area contributed by atoms with Crippen LogP contribution in [0.25, 0.3) is 10.7 Å². The molecule has 0 spiro atoms. The zero-order valence-electron chi connectivity index (χ0n) is 7.77. The minimum atomic E-state index is 0.216. The van der Waals surface area contributed by atoms with Gasteiger partial charge in [0.05, 0.1) is 9.90 Å². The third-order valence-electron chi connectivity index (χ3n) is 1.64. The van der Waals surface area contributed by atoms with Crippen LogP contribution >= 0.6 is 34.7 Å². The Balaban J connectivity index is 2.53. The van der Waals surface area contributed by atoms with Crippen LogP contribution in [0, 0.1) is 0 Å². The molecule has 0 aliphatic carbocycles. The van der Waals surface area contributed by atoms with Crippen molar-refractivity contribution in [3.63, 3.8) is 0 Å². The van der Waals surface area contributed by atoms with E-state index in [0.717, 1.165) is 4.88 Å². The summed E-state index contributed by atoms with van der Waals surface area (Å²) >= 11 is 8.89. The smallest absolute Gasteiger partial charge is 0.224 e. The summed E-state index contributed by atoms with van der Waals surface area (Å²) in [6.07, 6.45) is 1.88. The van der Waals surface area contributed by atoms with E-state index in [1.807, 2.05) is 11.6 Å². The second kappa shape index (κ2) is 4.34. The third kappa shape index (κ3) is 2.22. The SMILES string of the molecule is CSc1nc(N)nc(-c2sccc2Cl)n1. The summed E-state index contributed by atoms with van der Waals surface area (Å²) in [6.45, 7) is 0. The van der Waals surface area contributed by atoms with Gasteiger partial charge in [0, 0.05) is 0 Å². The van der Waals surface area contributed by atoms with Crippen LogP contribution in [0.15, 0.2) is 16.6 Å². The van der Waals surface area contributed by atoms with Crippen LogP contribution in [0.2, 0.25) is 5.02 Å². The summed E-state index contributed by atoms with van der Waals surface area (Å²) in [5.41, 5.74) is 5.58. The molecule has 2 aromatic heterocycles. The van der Waals surface area contributed by atoms with Crippen LogP contribution < -0.4 is 5.73 Å². The minimum Gasteiger partial charge on any atom is -0.368 e. The molecule has 2 aromatic rings. The van der Waals surface area contributed by atoms with Gasteiger partial charge in [0.2, 0.25) is 5.95 Å². The lowest BCUT2D eigenvalue weighted by Crippen LogP contribution is -2.00. The fourth-order valence-electron chi connectivity index (χ4n) is 1.02. The highest BCUT2D eigenvalue weighted by Gasteiger charge is 2.10. The second-order valence-corrected chi connectivity index (χ2v) is 4.70. The zero-order chi connectivity index (χ0) is 10.8. The van der Waals surface area contributed by atoms with E-state index >= 15 is 0 Å². The highest BCUT2D eigenvalue weighted by Crippen LogP contribution is 2.31. The third-order valence-corrected chi connectivity index (χ3v) is 3.52. The maximum absolute atomic E-state index is 5.98. The van der Waals surface area contributed by atoms with Crippen LogP contribution in [-0.2, 0) is 0 Å². The Hall–Kier alpha value is -0.850. The molecule has 2 heterocycles. The van der Waals surface area contributed by atoms with Gasteiger partial charge in [-0.25, -0.2) is 4.98 Å². The van der Waals surface area contributed by atoms with Gasteiger partial charge in [0.25, 0.3) is 0 Å². The van der Waals surface area contributed by atoms with E-state index in [9.17, 15) is 0 Å². The molecule has 4 nitrogen and oxygen atoms in total. The van der Waals surface area contributed by atoms with Crippen LogP contribution in [-0.4, -0.2) is 21.2 Å². The average Bonchev–Trinajstić information content (AvgIpc) is 2.63. The number of nitrogens with zero attached hydrogens (tertiary/aromatic N) is 3. The number of hydrogen-bond acceptors (Lipinski definition) is 6. The number of thioether (sulfide) groups is 1. The molecule has 7 heteroatoms. The molecular weight excluding hydrogens is 252 g/mol. The number of rotatable bonds is 2. The first-order valence-corrected chi connectivity index (χ1v) is 6.48. The van der Waals surface area contributed by atoms with Crippen LogP contribution in [0.1, 0.15) is 0 Å². The molecule has 2 N–H and O–H groups in total. The maximum atomic E-state index is 5.98. The Kier molecular flexibility index (Phi) is 3.08. The first-order valence-electron chi connectivity index (χ1n) is 3.99. The van der Waals surface area contributed by atoms with E-state index in [1.54, 1.807) is 6.07 Å². The van der Waals surface area contributed by atoms with E-state index in [0.29, 0.717) is 16.0 Å². The Morgan fingerprint density at radius 3 is 2.80 bits per heavy atom. The lowest BCUT2D eigenvalue weighted by atomic mass is 10.4. The second-order valence-electron chi connectivity index (χ2n) is 2.60. The summed E-state index contributed by atoms with van der Waals surface area (Å²) < 4.78 is 0. The molecule has 0 radical (unpaired) electrons. The van der Waals surface area contributed by atoms with Gasteiger partial charge in [-0.2, -0.15) is 9.97 Å². The Morgan fingerprint density at radius 1 is 1.40 bits per heavy atom. The van der Waals surface area contributed by atoms with E-state index in [4.69, 9.17) is 17.3 Å². The molecule has 15 heavy (non-hydrogen) atoms. The van der Waals surface area contributed by atoms with Crippen molar-refractivity contribution in [2.24, 2.45) is 0 Å². The number of halogens is 1. The monoisotopic (exact) mass is 258 g/mol. The van der Waals surface area contributed by atoms with Gasteiger partial charge in [-0.05, 0) is 17.7 Å². The van der Waals surface area contributed by atoms with E-state index < -0.39 is 0 Å². The molecule has 0 fully saturated rings. The average molecular weight is 259 g/mol. The molecule has 2 rings (SSSR count). The lowest BCUT2D eigenvalue weighted by Gasteiger charge is -2.01. The Morgan fingerprint density at radius 2 is 2.20 bits per heavy atom. The molecule has 0 unspecified atom stereocenters. The lowest BCUT2D eigenvalue weighted by molar-refractivity contribution is 0.930. The topological polar surface area (TPSA) is 64.7 Å². The first kappa shape index (κ1) is 10.7. The molecule has 0 aliphatic rings. The van der Waals surface area contributed by atoms with Gasteiger partial charge in [-0.15, -0.1) is 11.3 Å². The Bertz CT molecular complexity index is 485. The molecule has 78 valence electrons.